The summed E-state index contributed by atoms with van der Waals surface area (Å²) in [5, 5.41) is 17.9. The molecule has 0 radical (unpaired) electrons. The molecule has 0 aliphatic carbocycles. The fraction of sp³-hybridized carbons (Fsp3) is 0.273. The van der Waals surface area contributed by atoms with Gasteiger partial charge in [0.1, 0.15) is 0 Å². The lowest BCUT2D eigenvalue weighted by molar-refractivity contribution is 0.0695. The third-order valence-electron chi connectivity index (χ3n) is 2.13. The minimum absolute atomic E-state index is 0.0108. The van der Waals surface area contributed by atoms with E-state index in [2.05, 4.69) is 15.9 Å². The van der Waals surface area contributed by atoms with Gasteiger partial charge in [-0.1, -0.05) is 13.3 Å². The molecular formula is C11H11BrO4. The molecule has 1 aromatic rings. The molecule has 0 saturated carbocycles. The van der Waals surface area contributed by atoms with E-state index in [-0.39, 0.29) is 15.6 Å². The van der Waals surface area contributed by atoms with Gasteiger partial charge in [0.25, 0.3) is 0 Å². The zero-order valence-electron chi connectivity index (χ0n) is 8.66. The van der Waals surface area contributed by atoms with Gasteiger partial charge in [-0.2, -0.15) is 0 Å². The smallest absolute Gasteiger partial charge is 0.336 e. The Bertz CT molecular complexity index is 405. The molecule has 2 N–H and O–H groups in total. The molecular weight excluding hydrogens is 276 g/mol. The Labute approximate surface area is 101 Å². The normalized spacial score (nSPS) is 10.1. The van der Waals surface area contributed by atoms with E-state index in [9.17, 15) is 9.59 Å². The second kappa shape index (κ2) is 5.12. The predicted molar refractivity (Wildman–Crippen MR) is 62.1 cm³/mol. The molecule has 0 amide bonds. The first kappa shape index (κ1) is 12.7. The van der Waals surface area contributed by atoms with Crippen LogP contribution >= 0.6 is 15.9 Å². The molecule has 5 heteroatoms. The Morgan fingerprint density at radius 2 is 1.62 bits per heavy atom. The van der Waals surface area contributed by atoms with Crippen LogP contribution in [0.25, 0.3) is 0 Å². The maximum atomic E-state index is 10.9. The quantitative estimate of drug-likeness (QED) is 0.893. The van der Waals surface area contributed by atoms with Crippen LogP contribution in [-0.2, 0) is 6.42 Å². The van der Waals surface area contributed by atoms with E-state index in [1.54, 1.807) is 0 Å². The molecule has 1 aromatic carbocycles. The molecule has 0 atom stereocenters. The largest absolute Gasteiger partial charge is 0.478 e. The third-order valence-corrected chi connectivity index (χ3v) is 2.99. The fourth-order valence-corrected chi connectivity index (χ4v) is 2.00. The van der Waals surface area contributed by atoms with E-state index in [0.717, 1.165) is 12.0 Å². The van der Waals surface area contributed by atoms with Crippen LogP contribution in [0.5, 0.6) is 0 Å². The highest BCUT2D eigenvalue weighted by Crippen LogP contribution is 2.25. The molecule has 0 heterocycles. The number of rotatable bonds is 4. The summed E-state index contributed by atoms with van der Waals surface area (Å²) >= 11 is 3.01. The minimum Gasteiger partial charge on any atom is -0.478 e. The van der Waals surface area contributed by atoms with E-state index < -0.39 is 11.9 Å². The monoisotopic (exact) mass is 286 g/mol. The molecule has 4 nitrogen and oxygen atoms in total. The summed E-state index contributed by atoms with van der Waals surface area (Å²) in [5.41, 5.74) is 0.701. The molecule has 0 aliphatic rings. The Morgan fingerprint density at radius 1 is 1.19 bits per heavy atom. The van der Waals surface area contributed by atoms with Gasteiger partial charge in [0, 0.05) is 4.47 Å². The SMILES string of the molecule is CCCc1cc(C(=O)O)c(Br)c(C(=O)O)c1. The minimum atomic E-state index is -1.13. The average Bonchev–Trinajstić information content (AvgIpc) is 2.19. The molecule has 0 bridgehead atoms. The van der Waals surface area contributed by atoms with Crippen LogP contribution in [-0.4, -0.2) is 22.2 Å². The highest BCUT2D eigenvalue weighted by molar-refractivity contribution is 9.10. The van der Waals surface area contributed by atoms with Crippen LogP contribution in [0, 0.1) is 0 Å². The topological polar surface area (TPSA) is 74.6 Å². The molecule has 0 saturated heterocycles. The first-order valence-corrected chi connectivity index (χ1v) is 5.55. The molecule has 1 rings (SSSR count). The molecule has 0 fully saturated rings. The number of hydrogen-bond acceptors (Lipinski definition) is 2. The lowest BCUT2D eigenvalue weighted by Crippen LogP contribution is -2.06. The lowest BCUT2D eigenvalue weighted by atomic mass is 10.0. The van der Waals surface area contributed by atoms with E-state index in [1.165, 1.54) is 12.1 Å². The number of halogens is 1. The molecule has 0 spiro atoms. The van der Waals surface area contributed by atoms with Crippen molar-refractivity contribution < 1.29 is 19.8 Å². The molecule has 0 aliphatic heterocycles. The van der Waals surface area contributed by atoms with Crippen LogP contribution in [0.3, 0.4) is 0 Å². The summed E-state index contributed by atoms with van der Waals surface area (Å²) in [6.07, 6.45) is 1.49. The maximum absolute atomic E-state index is 10.9. The summed E-state index contributed by atoms with van der Waals surface area (Å²) < 4.78 is 0.118. The number of aryl methyl sites for hydroxylation is 1. The Hall–Kier alpha value is -1.36. The Balaban J connectivity index is 3.38. The Morgan fingerprint density at radius 3 is 1.94 bits per heavy atom. The van der Waals surface area contributed by atoms with Crippen molar-refractivity contribution in [3.05, 3.63) is 33.3 Å². The van der Waals surface area contributed by atoms with Gasteiger partial charge in [0.2, 0.25) is 0 Å². The predicted octanol–water partition coefficient (Wildman–Crippen LogP) is 2.80. The van der Waals surface area contributed by atoms with Crippen molar-refractivity contribution in [3.63, 3.8) is 0 Å². The zero-order valence-corrected chi connectivity index (χ0v) is 10.2. The van der Waals surface area contributed by atoms with Gasteiger partial charge in [0.15, 0.2) is 0 Å². The van der Waals surface area contributed by atoms with Gasteiger partial charge in [-0.25, -0.2) is 9.59 Å². The van der Waals surface area contributed by atoms with Gasteiger partial charge < -0.3 is 10.2 Å². The molecule has 16 heavy (non-hydrogen) atoms. The summed E-state index contributed by atoms with van der Waals surface area (Å²) in [6, 6.07) is 3.00. The van der Waals surface area contributed by atoms with E-state index in [0.29, 0.717) is 6.42 Å². The summed E-state index contributed by atoms with van der Waals surface area (Å²) in [7, 11) is 0. The van der Waals surface area contributed by atoms with Crippen LogP contribution in [0.2, 0.25) is 0 Å². The van der Waals surface area contributed by atoms with Crippen molar-refractivity contribution in [3.8, 4) is 0 Å². The first-order valence-electron chi connectivity index (χ1n) is 4.76. The van der Waals surface area contributed by atoms with Crippen LogP contribution in [0.4, 0.5) is 0 Å². The van der Waals surface area contributed by atoms with Crippen molar-refractivity contribution in [2.45, 2.75) is 19.8 Å². The van der Waals surface area contributed by atoms with Crippen LogP contribution < -0.4 is 0 Å². The highest BCUT2D eigenvalue weighted by atomic mass is 79.9. The van der Waals surface area contributed by atoms with Crippen molar-refractivity contribution in [1.82, 2.24) is 0 Å². The van der Waals surface area contributed by atoms with Gasteiger partial charge in [-0.15, -0.1) is 0 Å². The summed E-state index contributed by atoms with van der Waals surface area (Å²) in [6.45, 7) is 1.95. The Kier molecular flexibility index (Phi) is 4.06. The van der Waals surface area contributed by atoms with Gasteiger partial charge in [-0.3, -0.25) is 0 Å². The number of aromatic carboxylic acids is 2. The fourth-order valence-electron chi connectivity index (χ4n) is 1.43. The third kappa shape index (κ3) is 2.61. The maximum Gasteiger partial charge on any atom is 0.336 e. The number of benzene rings is 1. The van der Waals surface area contributed by atoms with E-state index in [4.69, 9.17) is 10.2 Å². The van der Waals surface area contributed by atoms with Crippen LogP contribution in [0.15, 0.2) is 16.6 Å². The van der Waals surface area contributed by atoms with Gasteiger partial charge in [0.05, 0.1) is 11.1 Å². The average molecular weight is 287 g/mol. The lowest BCUT2D eigenvalue weighted by Gasteiger charge is -2.07. The summed E-state index contributed by atoms with van der Waals surface area (Å²) in [4.78, 5) is 21.9. The molecule has 0 aromatic heterocycles. The van der Waals surface area contributed by atoms with Gasteiger partial charge in [-0.05, 0) is 40.0 Å². The number of carbonyl (C=O) groups is 2. The van der Waals surface area contributed by atoms with Crippen molar-refractivity contribution >= 4 is 27.9 Å². The van der Waals surface area contributed by atoms with E-state index >= 15 is 0 Å². The number of hydrogen-bond donors (Lipinski definition) is 2. The van der Waals surface area contributed by atoms with Crippen molar-refractivity contribution in [2.75, 3.05) is 0 Å². The van der Waals surface area contributed by atoms with Gasteiger partial charge >= 0.3 is 11.9 Å². The molecule has 86 valence electrons. The first-order chi connectivity index (χ1) is 7.47. The zero-order chi connectivity index (χ0) is 12.3. The van der Waals surface area contributed by atoms with Crippen molar-refractivity contribution in [1.29, 1.82) is 0 Å². The highest BCUT2D eigenvalue weighted by Gasteiger charge is 2.17. The van der Waals surface area contributed by atoms with Crippen molar-refractivity contribution in [2.24, 2.45) is 0 Å². The second-order valence-corrected chi connectivity index (χ2v) is 4.16. The summed E-state index contributed by atoms with van der Waals surface area (Å²) in [5.74, 6) is -2.26. The van der Waals surface area contributed by atoms with E-state index in [1.807, 2.05) is 6.92 Å². The van der Waals surface area contributed by atoms with Crippen LogP contribution in [0.1, 0.15) is 39.6 Å². The number of carboxylic acid groups (broad SMARTS) is 2. The number of carboxylic acids is 2. The second-order valence-electron chi connectivity index (χ2n) is 3.37. The standard InChI is InChI=1S/C11H11BrO4/c1-2-3-6-4-7(10(13)14)9(12)8(5-6)11(15)16/h4-5H,2-3H2,1H3,(H,13,14)(H,15,16). The molecule has 0 unspecified atom stereocenters.